The number of nitrogens with zero attached hydrogens (tertiary/aromatic N) is 3. The first-order valence-corrected chi connectivity index (χ1v) is 11.7. The van der Waals surface area contributed by atoms with Crippen LogP contribution in [0.2, 0.25) is 0 Å². The topological polar surface area (TPSA) is 88.3 Å². The third kappa shape index (κ3) is 4.42. The minimum Gasteiger partial charge on any atom is -0.333 e. The third-order valence-corrected chi connectivity index (χ3v) is 6.56. The van der Waals surface area contributed by atoms with Gasteiger partial charge in [0.1, 0.15) is 0 Å². The SMILES string of the molecule is CCc1ccc(NC(=O)[C@@H]2CC(=O)N(c3cccc(-c4noc(-c5cccs5)n4)c3)C2)cc1. The Bertz CT molecular complexity index is 1280. The number of amides is 2. The van der Waals surface area contributed by atoms with Gasteiger partial charge in [-0.05, 0) is 47.7 Å². The highest BCUT2D eigenvalue weighted by atomic mass is 32.1. The third-order valence-electron chi connectivity index (χ3n) is 5.70. The first-order chi connectivity index (χ1) is 16.1. The lowest BCUT2D eigenvalue weighted by Crippen LogP contribution is -2.28. The number of anilines is 2. The minimum absolute atomic E-state index is 0.0824. The fourth-order valence-electron chi connectivity index (χ4n) is 3.85. The number of hydrogen-bond acceptors (Lipinski definition) is 6. The average molecular weight is 459 g/mol. The molecule has 2 amide bonds. The Morgan fingerprint density at radius 3 is 2.79 bits per heavy atom. The van der Waals surface area contributed by atoms with Gasteiger partial charge >= 0.3 is 0 Å². The van der Waals surface area contributed by atoms with Crippen molar-refractivity contribution in [3.63, 3.8) is 0 Å². The van der Waals surface area contributed by atoms with Crippen molar-refractivity contribution in [1.82, 2.24) is 10.1 Å². The van der Waals surface area contributed by atoms with Gasteiger partial charge < -0.3 is 14.7 Å². The van der Waals surface area contributed by atoms with Crippen molar-refractivity contribution in [2.45, 2.75) is 19.8 Å². The predicted molar refractivity (Wildman–Crippen MR) is 128 cm³/mol. The molecule has 4 aromatic rings. The summed E-state index contributed by atoms with van der Waals surface area (Å²) < 4.78 is 5.39. The number of rotatable bonds is 6. The van der Waals surface area contributed by atoms with Gasteiger partial charge in [-0.1, -0.05) is 42.4 Å². The van der Waals surface area contributed by atoms with E-state index >= 15 is 0 Å². The van der Waals surface area contributed by atoms with Crippen molar-refractivity contribution in [3.05, 3.63) is 71.6 Å². The van der Waals surface area contributed by atoms with Crippen molar-refractivity contribution < 1.29 is 14.1 Å². The van der Waals surface area contributed by atoms with Crippen LogP contribution in [0.5, 0.6) is 0 Å². The fourth-order valence-corrected chi connectivity index (χ4v) is 4.50. The van der Waals surface area contributed by atoms with Crippen LogP contribution in [0.1, 0.15) is 18.9 Å². The highest BCUT2D eigenvalue weighted by Gasteiger charge is 2.35. The summed E-state index contributed by atoms with van der Waals surface area (Å²) in [7, 11) is 0. The maximum Gasteiger partial charge on any atom is 0.268 e. The normalized spacial score (nSPS) is 15.7. The number of carbonyl (C=O) groups is 2. The van der Waals surface area contributed by atoms with Crippen LogP contribution in [0.4, 0.5) is 11.4 Å². The van der Waals surface area contributed by atoms with E-state index in [1.165, 1.54) is 16.9 Å². The van der Waals surface area contributed by atoms with Gasteiger partial charge in [0.25, 0.3) is 5.89 Å². The molecule has 0 bridgehead atoms. The van der Waals surface area contributed by atoms with E-state index < -0.39 is 5.92 Å². The molecule has 33 heavy (non-hydrogen) atoms. The molecule has 166 valence electrons. The van der Waals surface area contributed by atoms with E-state index in [9.17, 15) is 9.59 Å². The maximum atomic E-state index is 12.8. The van der Waals surface area contributed by atoms with Crippen molar-refractivity contribution in [2.75, 3.05) is 16.8 Å². The summed E-state index contributed by atoms with van der Waals surface area (Å²) in [5.41, 5.74) is 3.40. The van der Waals surface area contributed by atoms with Crippen LogP contribution >= 0.6 is 11.3 Å². The average Bonchev–Trinajstić information content (AvgIpc) is 3.60. The lowest BCUT2D eigenvalue weighted by Gasteiger charge is -2.17. The number of aryl methyl sites for hydroxylation is 1. The lowest BCUT2D eigenvalue weighted by molar-refractivity contribution is -0.122. The Kier molecular flexibility index (Phi) is 5.75. The van der Waals surface area contributed by atoms with E-state index in [0.717, 1.165) is 22.5 Å². The highest BCUT2D eigenvalue weighted by Crippen LogP contribution is 2.30. The molecule has 8 heteroatoms. The molecular weight excluding hydrogens is 436 g/mol. The van der Waals surface area contributed by atoms with Gasteiger partial charge in [-0.2, -0.15) is 4.98 Å². The van der Waals surface area contributed by atoms with E-state index in [1.807, 2.05) is 66.0 Å². The van der Waals surface area contributed by atoms with Crippen molar-refractivity contribution >= 4 is 34.5 Å². The van der Waals surface area contributed by atoms with Crippen LogP contribution in [-0.2, 0) is 16.0 Å². The summed E-state index contributed by atoms with van der Waals surface area (Å²) in [6.45, 7) is 2.41. The Labute approximate surface area is 195 Å². The molecule has 1 aliphatic rings. The summed E-state index contributed by atoms with van der Waals surface area (Å²) in [6.07, 6.45) is 1.12. The molecule has 5 rings (SSSR count). The van der Waals surface area contributed by atoms with Crippen molar-refractivity contribution in [1.29, 1.82) is 0 Å². The summed E-state index contributed by atoms with van der Waals surface area (Å²) in [5.74, 6) is 0.275. The number of aromatic nitrogens is 2. The first-order valence-electron chi connectivity index (χ1n) is 10.8. The number of thiophene rings is 1. The zero-order valence-corrected chi connectivity index (χ0v) is 18.8. The molecule has 0 saturated carbocycles. The molecule has 0 unspecified atom stereocenters. The van der Waals surface area contributed by atoms with Crippen molar-refractivity contribution in [2.24, 2.45) is 5.92 Å². The molecule has 2 aromatic heterocycles. The van der Waals surface area contributed by atoms with Gasteiger partial charge in [-0.3, -0.25) is 9.59 Å². The first kappa shape index (κ1) is 21.1. The second-order valence-corrected chi connectivity index (χ2v) is 8.84. The number of hydrogen-bond donors (Lipinski definition) is 1. The van der Waals surface area contributed by atoms with Gasteiger partial charge in [-0.15, -0.1) is 11.3 Å². The monoisotopic (exact) mass is 458 g/mol. The quantitative estimate of drug-likeness (QED) is 0.438. The number of nitrogens with one attached hydrogen (secondary N) is 1. The van der Waals surface area contributed by atoms with E-state index in [1.54, 1.807) is 4.90 Å². The van der Waals surface area contributed by atoms with Gasteiger partial charge in [0.2, 0.25) is 17.6 Å². The lowest BCUT2D eigenvalue weighted by atomic mass is 10.1. The molecule has 1 N–H and O–H groups in total. The zero-order valence-electron chi connectivity index (χ0n) is 18.0. The second kappa shape index (κ2) is 8.99. The Morgan fingerprint density at radius 2 is 2.03 bits per heavy atom. The zero-order chi connectivity index (χ0) is 22.8. The Hall–Kier alpha value is -3.78. The number of benzene rings is 2. The van der Waals surface area contributed by atoms with E-state index in [-0.39, 0.29) is 18.2 Å². The van der Waals surface area contributed by atoms with Crippen LogP contribution in [0.15, 0.2) is 70.6 Å². The summed E-state index contributed by atoms with van der Waals surface area (Å²) in [5, 5.41) is 8.97. The Balaban J connectivity index is 1.30. The van der Waals surface area contributed by atoms with Gasteiger partial charge in [0.05, 0.1) is 10.8 Å². The fraction of sp³-hybridized carbons (Fsp3) is 0.200. The molecule has 2 aromatic carbocycles. The standard InChI is InChI=1S/C25H22N4O3S/c1-2-16-8-10-19(11-9-16)26-24(31)18-14-22(30)29(15-18)20-6-3-5-17(13-20)23-27-25(32-28-23)21-7-4-12-33-21/h3-13,18H,2,14-15H2,1H3,(H,26,31)/t18-/m1/s1. The molecule has 1 saturated heterocycles. The maximum absolute atomic E-state index is 12.8. The summed E-state index contributed by atoms with van der Waals surface area (Å²) >= 11 is 1.53. The molecule has 0 radical (unpaired) electrons. The summed E-state index contributed by atoms with van der Waals surface area (Å²) in [6, 6.07) is 19.0. The molecule has 7 nitrogen and oxygen atoms in total. The predicted octanol–water partition coefficient (Wildman–Crippen LogP) is 5.02. The molecule has 1 aliphatic heterocycles. The van der Waals surface area contributed by atoms with Crippen LogP contribution < -0.4 is 10.2 Å². The summed E-state index contributed by atoms with van der Waals surface area (Å²) in [4.78, 5) is 32.5. The highest BCUT2D eigenvalue weighted by molar-refractivity contribution is 7.13. The van der Waals surface area contributed by atoms with E-state index in [0.29, 0.717) is 23.9 Å². The largest absolute Gasteiger partial charge is 0.333 e. The minimum atomic E-state index is -0.414. The van der Waals surface area contributed by atoms with Gasteiger partial charge in [0.15, 0.2) is 0 Å². The Morgan fingerprint density at radius 1 is 1.18 bits per heavy atom. The number of carbonyl (C=O) groups excluding carboxylic acids is 2. The van der Waals surface area contributed by atoms with Crippen molar-refractivity contribution in [3.8, 4) is 22.2 Å². The van der Waals surface area contributed by atoms with Crippen LogP contribution in [-0.4, -0.2) is 28.5 Å². The van der Waals surface area contributed by atoms with E-state index in [4.69, 9.17) is 4.52 Å². The second-order valence-electron chi connectivity index (χ2n) is 7.90. The van der Waals surface area contributed by atoms with Crippen LogP contribution in [0, 0.1) is 5.92 Å². The molecule has 3 heterocycles. The van der Waals surface area contributed by atoms with Gasteiger partial charge in [-0.25, -0.2) is 0 Å². The molecular formula is C25H22N4O3S. The van der Waals surface area contributed by atoms with Crippen LogP contribution in [0.25, 0.3) is 22.2 Å². The van der Waals surface area contributed by atoms with E-state index in [2.05, 4.69) is 22.4 Å². The molecule has 0 aliphatic carbocycles. The molecule has 0 spiro atoms. The van der Waals surface area contributed by atoms with Gasteiger partial charge in [0, 0.05) is 29.9 Å². The molecule has 1 fully saturated rings. The molecule has 1 atom stereocenters. The van der Waals surface area contributed by atoms with Crippen LogP contribution in [0.3, 0.4) is 0 Å². The smallest absolute Gasteiger partial charge is 0.268 e.